The second-order valence-electron chi connectivity index (χ2n) is 3.58. The molecule has 0 spiro atoms. The lowest BCUT2D eigenvalue weighted by Crippen LogP contribution is -2.35. The molecule has 0 aliphatic heterocycles. The molecule has 0 saturated heterocycles. The van der Waals surface area contributed by atoms with Crippen LogP contribution in [0.25, 0.3) is 0 Å². The molecule has 0 aromatic carbocycles. The molecule has 0 fully saturated rings. The molecule has 5 nitrogen and oxygen atoms in total. The molecule has 0 aliphatic rings. The fourth-order valence-electron chi connectivity index (χ4n) is 1.63. The molecular formula is C10H13Cl2N3O2. The normalized spacial score (nSPS) is 12.2. The third-order valence-corrected chi connectivity index (χ3v) is 2.81. The van der Waals surface area contributed by atoms with Gasteiger partial charge in [-0.2, -0.15) is 0 Å². The van der Waals surface area contributed by atoms with Crippen LogP contribution in [0.3, 0.4) is 0 Å². The summed E-state index contributed by atoms with van der Waals surface area (Å²) in [4.78, 5) is 12.5. The zero-order valence-electron chi connectivity index (χ0n) is 9.52. The van der Waals surface area contributed by atoms with Crippen LogP contribution in [-0.4, -0.2) is 33.9 Å². The second kappa shape index (κ2) is 6.02. The highest BCUT2D eigenvalue weighted by molar-refractivity contribution is 6.33. The molecule has 1 unspecified atom stereocenters. The maximum absolute atomic E-state index is 10.7. The van der Waals surface area contributed by atoms with E-state index in [4.69, 9.17) is 28.3 Å². The van der Waals surface area contributed by atoms with Crippen molar-refractivity contribution in [3.8, 4) is 0 Å². The van der Waals surface area contributed by atoms with Gasteiger partial charge in [-0.3, -0.25) is 4.79 Å². The zero-order valence-corrected chi connectivity index (χ0v) is 11.0. The van der Waals surface area contributed by atoms with Crippen LogP contribution < -0.4 is 4.90 Å². The number of aliphatic carboxylic acids is 1. The average Bonchev–Trinajstić information content (AvgIpc) is 2.23. The second-order valence-corrected chi connectivity index (χ2v) is 4.32. The fourth-order valence-corrected chi connectivity index (χ4v) is 1.97. The van der Waals surface area contributed by atoms with E-state index in [1.54, 1.807) is 6.07 Å². The third-order valence-electron chi connectivity index (χ3n) is 2.35. The summed E-state index contributed by atoms with van der Waals surface area (Å²) in [5.41, 5.74) is 0.600. The number of aromatic nitrogens is 2. The Hall–Kier alpha value is -1.07. The maximum atomic E-state index is 10.7. The number of carboxylic acid groups (broad SMARTS) is 1. The predicted molar refractivity (Wildman–Crippen MR) is 66.8 cm³/mol. The average molecular weight is 278 g/mol. The van der Waals surface area contributed by atoms with Gasteiger partial charge in [0.05, 0.1) is 12.1 Å². The van der Waals surface area contributed by atoms with Crippen LogP contribution in [0.15, 0.2) is 6.07 Å². The van der Waals surface area contributed by atoms with Crippen molar-refractivity contribution in [2.45, 2.75) is 26.3 Å². The van der Waals surface area contributed by atoms with E-state index in [2.05, 4.69) is 10.2 Å². The van der Waals surface area contributed by atoms with Crippen molar-refractivity contribution in [2.75, 3.05) is 11.4 Å². The van der Waals surface area contributed by atoms with Crippen LogP contribution >= 0.6 is 23.2 Å². The van der Waals surface area contributed by atoms with Gasteiger partial charge in [0, 0.05) is 18.7 Å². The van der Waals surface area contributed by atoms with E-state index < -0.39 is 5.97 Å². The number of hydrogen-bond donors (Lipinski definition) is 1. The van der Waals surface area contributed by atoms with Gasteiger partial charge in [0.25, 0.3) is 0 Å². The summed E-state index contributed by atoms with van der Waals surface area (Å²) < 4.78 is 0. The molecular weight excluding hydrogens is 265 g/mol. The number of anilines is 1. The molecule has 0 amide bonds. The lowest BCUT2D eigenvalue weighted by atomic mass is 10.2. The van der Waals surface area contributed by atoms with E-state index >= 15 is 0 Å². The predicted octanol–water partition coefficient (Wildman–Crippen LogP) is 2.47. The zero-order chi connectivity index (χ0) is 13.0. The Balaban J connectivity index is 3.00. The Morgan fingerprint density at radius 2 is 2.18 bits per heavy atom. The van der Waals surface area contributed by atoms with Gasteiger partial charge < -0.3 is 10.0 Å². The molecule has 0 aliphatic carbocycles. The molecule has 1 heterocycles. The summed E-state index contributed by atoms with van der Waals surface area (Å²) in [7, 11) is 0. The van der Waals surface area contributed by atoms with Crippen molar-refractivity contribution in [1.29, 1.82) is 0 Å². The summed E-state index contributed by atoms with van der Waals surface area (Å²) in [6.45, 7) is 4.32. The summed E-state index contributed by atoms with van der Waals surface area (Å²) in [5, 5.41) is 16.5. The fraction of sp³-hybridized carbons (Fsp3) is 0.500. The van der Waals surface area contributed by atoms with Gasteiger partial charge in [0.15, 0.2) is 10.3 Å². The van der Waals surface area contributed by atoms with Crippen LogP contribution in [0.2, 0.25) is 10.3 Å². The number of carbonyl (C=O) groups is 1. The van der Waals surface area contributed by atoms with E-state index in [9.17, 15) is 4.79 Å². The number of halogens is 2. The number of nitrogens with zero attached hydrogens (tertiary/aromatic N) is 3. The highest BCUT2D eigenvalue weighted by Crippen LogP contribution is 2.27. The highest BCUT2D eigenvalue weighted by Gasteiger charge is 2.19. The molecule has 1 aromatic rings. The van der Waals surface area contributed by atoms with Gasteiger partial charge in [-0.25, -0.2) is 0 Å². The lowest BCUT2D eigenvalue weighted by molar-refractivity contribution is -0.137. The Morgan fingerprint density at radius 3 is 2.71 bits per heavy atom. The minimum absolute atomic E-state index is 0.0180. The van der Waals surface area contributed by atoms with Crippen molar-refractivity contribution in [2.24, 2.45) is 0 Å². The minimum Gasteiger partial charge on any atom is -0.481 e. The van der Waals surface area contributed by atoms with Gasteiger partial charge in [-0.15, -0.1) is 10.2 Å². The first kappa shape index (κ1) is 14.0. The van der Waals surface area contributed by atoms with Crippen LogP contribution in [0, 0.1) is 0 Å². The van der Waals surface area contributed by atoms with Gasteiger partial charge in [0.2, 0.25) is 0 Å². The molecule has 0 saturated carbocycles. The number of rotatable bonds is 5. The molecule has 1 N–H and O–H groups in total. The van der Waals surface area contributed by atoms with Gasteiger partial charge in [0.1, 0.15) is 0 Å². The largest absolute Gasteiger partial charge is 0.481 e. The quantitative estimate of drug-likeness (QED) is 0.896. The molecule has 1 atom stereocenters. The van der Waals surface area contributed by atoms with Crippen molar-refractivity contribution in [3.63, 3.8) is 0 Å². The van der Waals surface area contributed by atoms with Crippen molar-refractivity contribution >= 4 is 34.9 Å². The topological polar surface area (TPSA) is 66.3 Å². The van der Waals surface area contributed by atoms with E-state index in [1.165, 1.54) is 0 Å². The van der Waals surface area contributed by atoms with Gasteiger partial charge in [-0.05, 0) is 13.8 Å². The minimum atomic E-state index is -0.861. The van der Waals surface area contributed by atoms with Gasteiger partial charge in [-0.1, -0.05) is 23.2 Å². The Bertz CT molecular complexity index is 415. The molecule has 94 valence electrons. The third kappa shape index (κ3) is 3.71. The molecule has 0 bridgehead atoms. The molecule has 0 radical (unpaired) electrons. The van der Waals surface area contributed by atoms with E-state index in [-0.39, 0.29) is 22.8 Å². The van der Waals surface area contributed by atoms with Crippen LogP contribution in [0.1, 0.15) is 20.3 Å². The molecule has 7 heteroatoms. The van der Waals surface area contributed by atoms with Crippen molar-refractivity contribution in [3.05, 3.63) is 16.4 Å². The molecule has 1 aromatic heterocycles. The number of hydrogen-bond acceptors (Lipinski definition) is 4. The molecule has 17 heavy (non-hydrogen) atoms. The van der Waals surface area contributed by atoms with E-state index in [0.717, 1.165) is 0 Å². The molecule has 1 rings (SSSR count). The Morgan fingerprint density at radius 1 is 1.53 bits per heavy atom. The standard InChI is InChI=1S/C10H13Cl2N3O2/c1-3-15(6(2)4-9(16)17)7-5-8(11)13-14-10(7)12/h5-6H,3-4H2,1-2H3,(H,16,17). The van der Waals surface area contributed by atoms with Gasteiger partial charge >= 0.3 is 5.97 Å². The summed E-state index contributed by atoms with van der Waals surface area (Å²) in [6.07, 6.45) is 0.0180. The SMILES string of the molecule is CCN(c1cc(Cl)nnc1Cl)C(C)CC(=O)O. The smallest absolute Gasteiger partial charge is 0.305 e. The monoisotopic (exact) mass is 277 g/mol. The highest BCUT2D eigenvalue weighted by atomic mass is 35.5. The first-order chi connectivity index (χ1) is 7.95. The van der Waals surface area contributed by atoms with E-state index in [1.807, 2.05) is 18.7 Å². The summed E-state index contributed by atoms with van der Waals surface area (Å²) in [5.74, 6) is -0.861. The maximum Gasteiger partial charge on any atom is 0.305 e. The van der Waals surface area contributed by atoms with Crippen LogP contribution in [0.4, 0.5) is 5.69 Å². The first-order valence-corrected chi connectivity index (χ1v) is 5.88. The Labute approximate surface area is 109 Å². The lowest BCUT2D eigenvalue weighted by Gasteiger charge is -2.29. The summed E-state index contributed by atoms with van der Waals surface area (Å²) in [6, 6.07) is 1.38. The van der Waals surface area contributed by atoms with Crippen LogP contribution in [-0.2, 0) is 4.79 Å². The van der Waals surface area contributed by atoms with Crippen molar-refractivity contribution < 1.29 is 9.90 Å². The summed E-state index contributed by atoms with van der Waals surface area (Å²) >= 11 is 11.7. The van der Waals surface area contributed by atoms with Crippen molar-refractivity contribution in [1.82, 2.24) is 10.2 Å². The first-order valence-electron chi connectivity index (χ1n) is 5.12. The number of carboxylic acids is 1. The van der Waals surface area contributed by atoms with Crippen LogP contribution in [0.5, 0.6) is 0 Å². The van der Waals surface area contributed by atoms with E-state index in [0.29, 0.717) is 12.2 Å². The Kier molecular flexibility index (Phi) is 4.96.